The molecule has 0 spiro atoms. The third-order valence-corrected chi connectivity index (χ3v) is 5.14. The number of aromatic nitrogens is 3. The fourth-order valence-electron chi connectivity index (χ4n) is 3.55. The minimum Gasteiger partial charge on any atom is -0.441 e. The topological polar surface area (TPSA) is 73.0 Å². The molecule has 1 fully saturated rings. The molecule has 6 heteroatoms. The summed E-state index contributed by atoms with van der Waals surface area (Å²) in [6, 6.07) is 9.56. The number of aryl methyl sites for hydroxylation is 1. The second-order valence-corrected chi connectivity index (χ2v) is 7.13. The van der Waals surface area contributed by atoms with E-state index < -0.39 is 0 Å². The Balaban J connectivity index is 1.43. The van der Waals surface area contributed by atoms with Crippen LogP contribution in [0.5, 0.6) is 0 Å². The van der Waals surface area contributed by atoms with Gasteiger partial charge in [0, 0.05) is 29.6 Å². The van der Waals surface area contributed by atoms with Gasteiger partial charge in [-0.05, 0) is 50.1 Å². The van der Waals surface area contributed by atoms with Crippen molar-refractivity contribution in [3.8, 4) is 11.5 Å². The van der Waals surface area contributed by atoms with E-state index in [1.165, 1.54) is 6.42 Å². The predicted octanol–water partition coefficient (Wildman–Crippen LogP) is 4.41. The second-order valence-electron chi connectivity index (χ2n) is 7.13. The fraction of sp³-hybridized carbons (Fsp3) is 0.381. The van der Waals surface area contributed by atoms with Crippen molar-refractivity contribution >= 4 is 11.6 Å². The molecular formula is C21H24N4O2. The third kappa shape index (κ3) is 4.10. The first kappa shape index (κ1) is 17.5. The molecule has 1 aliphatic rings. The Hall–Kier alpha value is -2.89. The number of rotatable bonds is 5. The van der Waals surface area contributed by atoms with Crippen molar-refractivity contribution < 1.29 is 9.21 Å². The number of hydrogen-bond acceptors (Lipinski definition) is 4. The highest BCUT2D eigenvalue weighted by molar-refractivity contribution is 5.92. The van der Waals surface area contributed by atoms with E-state index in [1.54, 1.807) is 6.20 Å². The lowest BCUT2D eigenvalue weighted by Gasteiger charge is -2.20. The maximum atomic E-state index is 12.4. The van der Waals surface area contributed by atoms with Crippen molar-refractivity contribution in [1.29, 1.82) is 0 Å². The van der Waals surface area contributed by atoms with Gasteiger partial charge in [0.15, 0.2) is 0 Å². The van der Waals surface area contributed by atoms with Gasteiger partial charge in [-0.2, -0.15) is 5.10 Å². The van der Waals surface area contributed by atoms with Crippen molar-refractivity contribution in [1.82, 2.24) is 14.8 Å². The van der Waals surface area contributed by atoms with Crippen LogP contribution in [0.2, 0.25) is 0 Å². The van der Waals surface area contributed by atoms with E-state index in [9.17, 15) is 4.79 Å². The normalized spacial score (nSPS) is 15.0. The Morgan fingerprint density at radius 3 is 2.70 bits per heavy atom. The average molecular weight is 364 g/mol. The number of amides is 1. The van der Waals surface area contributed by atoms with Crippen molar-refractivity contribution in [2.75, 3.05) is 5.32 Å². The van der Waals surface area contributed by atoms with E-state index in [2.05, 4.69) is 15.4 Å². The second kappa shape index (κ2) is 7.78. The monoisotopic (exact) mass is 364 g/mol. The molecule has 1 N–H and O–H groups in total. The van der Waals surface area contributed by atoms with E-state index in [0.717, 1.165) is 48.4 Å². The number of hydrogen-bond donors (Lipinski definition) is 1. The zero-order valence-corrected chi connectivity index (χ0v) is 15.5. The van der Waals surface area contributed by atoms with Crippen LogP contribution in [0.1, 0.15) is 43.6 Å². The van der Waals surface area contributed by atoms with Gasteiger partial charge in [0.25, 0.3) is 0 Å². The van der Waals surface area contributed by atoms with E-state index in [0.29, 0.717) is 12.4 Å². The standard InChI is InChI=1S/C21H24N4O2/c1-15-19(14-25-13-5-12-22-25)24-21(27-15)17-8-10-18(11-9-17)23-20(26)16-6-3-2-4-7-16/h5,8-13,16H,2-4,6-7,14H2,1H3,(H,23,26). The predicted molar refractivity (Wildman–Crippen MR) is 103 cm³/mol. The largest absolute Gasteiger partial charge is 0.441 e. The number of carbonyl (C=O) groups is 1. The smallest absolute Gasteiger partial charge is 0.227 e. The van der Waals surface area contributed by atoms with Crippen molar-refractivity contribution in [3.63, 3.8) is 0 Å². The molecule has 140 valence electrons. The Morgan fingerprint density at radius 2 is 2.00 bits per heavy atom. The first-order valence-corrected chi connectivity index (χ1v) is 9.54. The van der Waals surface area contributed by atoms with Crippen LogP contribution < -0.4 is 5.32 Å². The Bertz CT molecular complexity index is 891. The van der Waals surface area contributed by atoms with Crippen LogP contribution in [-0.4, -0.2) is 20.7 Å². The average Bonchev–Trinajstić information content (AvgIpc) is 3.34. The minimum atomic E-state index is 0.135. The first-order valence-electron chi connectivity index (χ1n) is 9.54. The lowest BCUT2D eigenvalue weighted by atomic mass is 9.88. The summed E-state index contributed by atoms with van der Waals surface area (Å²) < 4.78 is 7.64. The molecule has 1 saturated carbocycles. The Kier molecular flexibility index (Phi) is 5.05. The van der Waals surface area contributed by atoms with Gasteiger partial charge in [0.1, 0.15) is 11.5 Å². The Morgan fingerprint density at radius 1 is 1.22 bits per heavy atom. The first-order chi connectivity index (χ1) is 13.2. The minimum absolute atomic E-state index is 0.135. The van der Waals surface area contributed by atoms with Gasteiger partial charge in [-0.1, -0.05) is 19.3 Å². The number of nitrogens with one attached hydrogen (secondary N) is 1. The number of oxazole rings is 1. The number of carbonyl (C=O) groups excluding carboxylic acids is 1. The van der Waals surface area contributed by atoms with E-state index in [4.69, 9.17) is 4.42 Å². The van der Waals surface area contributed by atoms with Crippen LogP contribution >= 0.6 is 0 Å². The number of anilines is 1. The summed E-state index contributed by atoms with van der Waals surface area (Å²) in [4.78, 5) is 17.0. The summed E-state index contributed by atoms with van der Waals surface area (Å²) in [5, 5.41) is 7.24. The molecule has 6 nitrogen and oxygen atoms in total. The van der Waals surface area contributed by atoms with Crippen LogP contribution in [-0.2, 0) is 11.3 Å². The molecule has 0 atom stereocenters. The van der Waals surface area contributed by atoms with Gasteiger partial charge in [0.05, 0.1) is 6.54 Å². The Labute approximate surface area is 158 Å². The van der Waals surface area contributed by atoms with Crippen LogP contribution in [0.25, 0.3) is 11.5 Å². The molecular weight excluding hydrogens is 340 g/mol. The molecule has 2 heterocycles. The maximum absolute atomic E-state index is 12.4. The van der Waals surface area contributed by atoms with Gasteiger partial charge in [0.2, 0.25) is 11.8 Å². The van der Waals surface area contributed by atoms with Gasteiger partial charge in [-0.25, -0.2) is 4.98 Å². The van der Waals surface area contributed by atoms with Crippen LogP contribution in [0, 0.1) is 12.8 Å². The summed E-state index contributed by atoms with van der Waals surface area (Å²) in [5.74, 6) is 1.66. The molecule has 4 rings (SSSR count). The summed E-state index contributed by atoms with van der Waals surface area (Å²) in [7, 11) is 0. The molecule has 1 amide bonds. The highest BCUT2D eigenvalue weighted by Gasteiger charge is 2.21. The molecule has 0 unspecified atom stereocenters. The highest BCUT2D eigenvalue weighted by Crippen LogP contribution is 2.26. The van der Waals surface area contributed by atoms with Crippen LogP contribution in [0.4, 0.5) is 5.69 Å². The molecule has 0 aliphatic heterocycles. The third-order valence-electron chi connectivity index (χ3n) is 5.14. The molecule has 2 aromatic heterocycles. The summed E-state index contributed by atoms with van der Waals surface area (Å²) >= 11 is 0. The molecule has 1 aliphatic carbocycles. The summed E-state index contributed by atoms with van der Waals surface area (Å²) in [6.45, 7) is 2.49. The lowest BCUT2D eigenvalue weighted by molar-refractivity contribution is -0.120. The molecule has 0 bridgehead atoms. The van der Waals surface area contributed by atoms with Crippen LogP contribution in [0.3, 0.4) is 0 Å². The summed E-state index contributed by atoms with van der Waals surface area (Å²) in [6.07, 6.45) is 9.20. The number of benzene rings is 1. The molecule has 0 saturated heterocycles. The van der Waals surface area contributed by atoms with Crippen molar-refractivity contribution in [2.24, 2.45) is 5.92 Å². The molecule has 27 heavy (non-hydrogen) atoms. The van der Waals surface area contributed by atoms with Gasteiger partial charge >= 0.3 is 0 Å². The maximum Gasteiger partial charge on any atom is 0.227 e. The molecule has 3 aromatic rings. The highest BCUT2D eigenvalue weighted by atomic mass is 16.4. The zero-order chi connectivity index (χ0) is 18.6. The van der Waals surface area contributed by atoms with Gasteiger partial charge in [-0.15, -0.1) is 0 Å². The summed E-state index contributed by atoms with van der Waals surface area (Å²) in [5.41, 5.74) is 2.57. The van der Waals surface area contributed by atoms with E-state index in [1.807, 2.05) is 48.1 Å². The molecule has 1 aromatic carbocycles. The fourth-order valence-corrected chi connectivity index (χ4v) is 3.55. The van der Waals surface area contributed by atoms with Crippen molar-refractivity contribution in [3.05, 3.63) is 54.2 Å². The van der Waals surface area contributed by atoms with E-state index in [-0.39, 0.29) is 11.8 Å². The molecule has 0 radical (unpaired) electrons. The SMILES string of the molecule is Cc1oc(-c2ccc(NC(=O)C3CCCCC3)cc2)nc1Cn1cccn1. The number of nitrogens with zero attached hydrogens (tertiary/aromatic N) is 3. The van der Waals surface area contributed by atoms with Gasteiger partial charge in [-0.3, -0.25) is 9.48 Å². The quantitative estimate of drug-likeness (QED) is 0.728. The van der Waals surface area contributed by atoms with E-state index >= 15 is 0 Å². The zero-order valence-electron chi connectivity index (χ0n) is 15.5. The van der Waals surface area contributed by atoms with Crippen molar-refractivity contribution in [2.45, 2.75) is 45.6 Å². The lowest BCUT2D eigenvalue weighted by Crippen LogP contribution is -2.24. The van der Waals surface area contributed by atoms with Crippen LogP contribution in [0.15, 0.2) is 47.1 Å². The van der Waals surface area contributed by atoms with Gasteiger partial charge < -0.3 is 9.73 Å².